The highest BCUT2D eigenvalue weighted by Crippen LogP contribution is 2.25. The Morgan fingerprint density at radius 3 is 2.71 bits per heavy atom. The van der Waals surface area contributed by atoms with Gasteiger partial charge in [-0.05, 0) is 48.4 Å². The normalized spacial score (nSPS) is 12.2. The summed E-state index contributed by atoms with van der Waals surface area (Å²) in [6, 6.07) is 6.12. The van der Waals surface area contributed by atoms with E-state index >= 15 is 0 Å². The maximum absolute atomic E-state index is 12.0. The van der Waals surface area contributed by atoms with Crippen molar-refractivity contribution < 1.29 is 4.79 Å². The first-order valence-corrected chi connectivity index (χ1v) is 7.52. The van der Waals surface area contributed by atoms with Crippen LogP contribution in [-0.4, -0.2) is 50.4 Å². The highest BCUT2D eigenvalue weighted by Gasteiger charge is 2.20. The monoisotopic (exact) mass is 305 g/mol. The number of benzene rings is 1. The standard InChI is InChI=1S/C14H19N5OS/c1-9-6-7-10(2)12(8-9)19-14(15-16-17-19)21-11(3)13(20)18(4)5/h6-8,11H,1-5H3/t11-/m1/s1. The van der Waals surface area contributed by atoms with Crippen molar-refractivity contribution in [1.29, 1.82) is 0 Å². The topological polar surface area (TPSA) is 63.9 Å². The second-order valence-corrected chi connectivity index (χ2v) is 6.46. The molecule has 2 rings (SSSR count). The summed E-state index contributed by atoms with van der Waals surface area (Å²) >= 11 is 1.36. The average Bonchev–Trinajstić information content (AvgIpc) is 2.88. The molecule has 0 saturated heterocycles. The molecule has 2 aromatic rings. The number of hydrogen-bond donors (Lipinski definition) is 0. The lowest BCUT2D eigenvalue weighted by Crippen LogP contribution is -2.29. The fourth-order valence-electron chi connectivity index (χ4n) is 1.92. The molecule has 21 heavy (non-hydrogen) atoms. The summed E-state index contributed by atoms with van der Waals surface area (Å²) in [6.45, 7) is 5.90. The number of hydrogen-bond acceptors (Lipinski definition) is 5. The number of aromatic nitrogens is 4. The number of tetrazole rings is 1. The molecule has 0 aliphatic heterocycles. The Hall–Kier alpha value is -1.89. The first-order valence-electron chi connectivity index (χ1n) is 6.64. The van der Waals surface area contributed by atoms with Gasteiger partial charge < -0.3 is 4.90 Å². The summed E-state index contributed by atoms with van der Waals surface area (Å²) in [5.41, 5.74) is 3.16. The molecule has 7 heteroatoms. The van der Waals surface area contributed by atoms with Crippen LogP contribution in [0.15, 0.2) is 23.4 Å². The first-order chi connectivity index (χ1) is 9.90. The van der Waals surface area contributed by atoms with E-state index in [4.69, 9.17) is 0 Å². The van der Waals surface area contributed by atoms with E-state index in [1.54, 1.807) is 23.7 Å². The average molecular weight is 305 g/mol. The molecule has 1 aromatic heterocycles. The Balaban J connectivity index is 2.31. The summed E-state index contributed by atoms with van der Waals surface area (Å²) in [7, 11) is 3.49. The molecule has 1 aromatic carbocycles. The van der Waals surface area contributed by atoms with Gasteiger partial charge in [0.25, 0.3) is 0 Å². The number of amides is 1. The van der Waals surface area contributed by atoms with E-state index in [2.05, 4.69) is 15.5 Å². The van der Waals surface area contributed by atoms with Crippen molar-refractivity contribution in [2.45, 2.75) is 31.2 Å². The Labute approximate surface area is 128 Å². The number of aryl methyl sites for hydroxylation is 2. The van der Waals surface area contributed by atoms with Gasteiger partial charge in [-0.15, -0.1) is 5.10 Å². The van der Waals surface area contributed by atoms with Crippen molar-refractivity contribution in [3.63, 3.8) is 0 Å². The molecule has 1 atom stereocenters. The maximum Gasteiger partial charge on any atom is 0.235 e. The molecule has 0 saturated carbocycles. The maximum atomic E-state index is 12.0. The Bertz CT molecular complexity index is 653. The van der Waals surface area contributed by atoms with Crippen LogP contribution in [0.2, 0.25) is 0 Å². The number of thioether (sulfide) groups is 1. The lowest BCUT2D eigenvalue weighted by molar-refractivity contribution is -0.127. The zero-order valence-electron chi connectivity index (χ0n) is 12.9. The quantitative estimate of drug-likeness (QED) is 0.807. The molecule has 0 aliphatic rings. The molecule has 0 aliphatic carbocycles. The van der Waals surface area contributed by atoms with E-state index in [1.807, 2.05) is 39.0 Å². The smallest absolute Gasteiger partial charge is 0.235 e. The van der Waals surface area contributed by atoms with Crippen LogP contribution in [0.25, 0.3) is 5.69 Å². The fourth-order valence-corrected chi connectivity index (χ4v) is 2.87. The van der Waals surface area contributed by atoms with Crippen LogP contribution in [-0.2, 0) is 4.79 Å². The minimum atomic E-state index is -0.241. The van der Waals surface area contributed by atoms with E-state index in [0.29, 0.717) is 5.16 Å². The van der Waals surface area contributed by atoms with Gasteiger partial charge in [-0.2, -0.15) is 4.68 Å². The molecule has 6 nitrogen and oxygen atoms in total. The molecule has 0 fully saturated rings. The van der Waals surface area contributed by atoms with Gasteiger partial charge in [0.15, 0.2) is 0 Å². The van der Waals surface area contributed by atoms with Crippen LogP contribution in [0, 0.1) is 13.8 Å². The molecular formula is C14H19N5OS. The highest BCUT2D eigenvalue weighted by atomic mass is 32.2. The third-order valence-electron chi connectivity index (χ3n) is 3.10. The highest BCUT2D eigenvalue weighted by molar-refractivity contribution is 8.00. The van der Waals surface area contributed by atoms with Gasteiger partial charge >= 0.3 is 0 Å². The second-order valence-electron chi connectivity index (χ2n) is 5.16. The van der Waals surface area contributed by atoms with E-state index < -0.39 is 0 Å². The van der Waals surface area contributed by atoms with Crippen molar-refractivity contribution in [1.82, 2.24) is 25.1 Å². The third-order valence-corrected chi connectivity index (χ3v) is 4.13. The van der Waals surface area contributed by atoms with Crippen molar-refractivity contribution in [3.05, 3.63) is 29.3 Å². The van der Waals surface area contributed by atoms with Gasteiger partial charge in [0.2, 0.25) is 11.1 Å². The largest absolute Gasteiger partial charge is 0.348 e. The minimum absolute atomic E-state index is 0.0375. The third kappa shape index (κ3) is 3.41. The van der Waals surface area contributed by atoms with Crippen molar-refractivity contribution in [2.75, 3.05) is 14.1 Å². The summed E-state index contributed by atoms with van der Waals surface area (Å²) in [5.74, 6) is 0.0375. The van der Waals surface area contributed by atoms with E-state index in [9.17, 15) is 4.79 Å². The van der Waals surface area contributed by atoms with E-state index in [-0.39, 0.29) is 11.2 Å². The zero-order chi connectivity index (χ0) is 15.6. The van der Waals surface area contributed by atoms with Gasteiger partial charge in [0.1, 0.15) is 0 Å². The van der Waals surface area contributed by atoms with Crippen LogP contribution < -0.4 is 0 Å². The van der Waals surface area contributed by atoms with Gasteiger partial charge in [0, 0.05) is 14.1 Å². The second kappa shape index (κ2) is 6.26. The zero-order valence-corrected chi connectivity index (χ0v) is 13.7. The number of nitrogens with zero attached hydrogens (tertiary/aromatic N) is 5. The van der Waals surface area contributed by atoms with Crippen LogP contribution in [0.4, 0.5) is 0 Å². The molecule has 1 heterocycles. The van der Waals surface area contributed by atoms with Crippen molar-refractivity contribution in [3.8, 4) is 5.69 Å². The Morgan fingerprint density at radius 2 is 2.05 bits per heavy atom. The Kier molecular flexibility index (Phi) is 4.62. The van der Waals surface area contributed by atoms with E-state index in [0.717, 1.165) is 16.8 Å². The predicted molar refractivity (Wildman–Crippen MR) is 82.6 cm³/mol. The van der Waals surface area contributed by atoms with Gasteiger partial charge in [-0.1, -0.05) is 23.9 Å². The molecule has 0 bridgehead atoms. The van der Waals surface area contributed by atoms with Crippen LogP contribution in [0.5, 0.6) is 0 Å². The van der Waals surface area contributed by atoms with Gasteiger partial charge in [-0.25, -0.2) is 0 Å². The molecule has 1 amide bonds. The molecular weight excluding hydrogens is 286 g/mol. The lowest BCUT2D eigenvalue weighted by Gasteiger charge is -2.16. The van der Waals surface area contributed by atoms with E-state index in [1.165, 1.54) is 11.8 Å². The summed E-state index contributed by atoms with van der Waals surface area (Å²) in [5, 5.41) is 12.2. The number of carbonyl (C=O) groups is 1. The molecule has 0 spiro atoms. The molecule has 0 N–H and O–H groups in total. The van der Waals surface area contributed by atoms with Crippen LogP contribution in [0.1, 0.15) is 18.1 Å². The first kappa shape index (κ1) is 15.5. The summed E-state index contributed by atoms with van der Waals surface area (Å²) in [6.07, 6.45) is 0. The SMILES string of the molecule is Cc1ccc(C)c(-n2nnnc2S[C@H](C)C(=O)N(C)C)c1. The lowest BCUT2D eigenvalue weighted by atomic mass is 10.1. The summed E-state index contributed by atoms with van der Waals surface area (Å²) < 4.78 is 1.69. The summed E-state index contributed by atoms with van der Waals surface area (Å²) in [4.78, 5) is 13.5. The predicted octanol–water partition coefficient (Wildman–Crippen LogP) is 1.85. The molecule has 0 unspecified atom stereocenters. The van der Waals surface area contributed by atoms with Crippen LogP contribution in [0.3, 0.4) is 0 Å². The number of rotatable bonds is 4. The number of carbonyl (C=O) groups excluding carboxylic acids is 1. The molecule has 112 valence electrons. The Morgan fingerprint density at radius 1 is 1.33 bits per heavy atom. The van der Waals surface area contributed by atoms with Gasteiger partial charge in [-0.3, -0.25) is 4.79 Å². The molecule has 0 radical (unpaired) electrons. The van der Waals surface area contributed by atoms with Gasteiger partial charge in [0.05, 0.1) is 10.9 Å². The minimum Gasteiger partial charge on any atom is -0.348 e. The van der Waals surface area contributed by atoms with Crippen molar-refractivity contribution in [2.24, 2.45) is 0 Å². The fraction of sp³-hybridized carbons (Fsp3) is 0.429. The van der Waals surface area contributed by atoms with Crippen molar-refractivity contribution >= 4 is 17.7 Å². The van der Waals surface area contributed by atoms with Crippen LogP contribution >= 0.6 is 11.8 Å².